The number of nitrogens with one attached hydrogen (secondary N) is 8. The molecule has 8 aromatic carbocycles. The number of aromatic amines is 8. The summed E-state index contributed by atoms with van der Waals surface area (Å²) >= 11 is 0. The number of aryl methyl sites for hydroxylation is 1. The molecule has 0 spiro atoms. The van der Waals surface area contributed by atoms with Crippen molar-refractivity contribution in [2.24, 2.45) is 0 Å². The minimum absolute atomic E-state index is 0.208. The Bertz CT molecular complexity index is 4880. The summed E-state index contributed by atoms with van der Waals surface area (Å²) < 4.78 is 0. The van der Waals surface area contributed by atoms with Gasteiger partial charge in [-0.1, -0.05) is 263 Å². The molecule has 0 fully saturated rings. The summed E-state index contributed by atoms with van der Waals surface area (Å²) in [5.74, 6) is 0. The van der Waals surface area contributed by atoms with Crippen molar-refractivity contribution in [1.29, 1.82) is 0 Å². The van der Waals surface area contributed by atoms with Crippen molar-refractivity contribution in [3.05, 3.63) is 282 Å². The molecule has 0 unspecified atom stereocenters. The number of hydrogen-bond donors (Lipinski definition) is 8. The van der Waals surface area contributed by atoms with Gasteiger partial charge in [0.2, 0.25) is 0 Å². The molecule has 9 nitrogen and oxygen atoms in total. The van der Waals surface area contributed by atoms with Crippen molar-refractivity contribution in [3.63, 3.8) is 0 Å². The molecule has 8 aromatic heterocycles. The van der Waals surface area contributed by atoms with Crippen LogP contribution in [0.1, 0.15) is 216 Å². The number of fused-ring (bicyclic) bond motifs is 8. The molecule has 0 atom stereocenters. The maximum Gasteiger partial charge on any atom is 0.0653 e. The fraction of sp³-hybridized carbons (Fsp3) is 0.344. The fourth-order valence-corrected chi connectivity index (χ4v) is 12.9. The van der Waals surface area contributed by atoms with E-state index in [4.69, 9.17) is 0 Å². The van der Waals surface area contributed by atoms with Gasteiger partial charge in [0.05, 0.1) is 11.7 Å². The SMILES string of the molecule is CC(C)(C)c1ccc2[nH]ccc2c1.CC(C)(C)c1ccc2cc[nH]c2c1.CC(C)(C)c1ccc2cc[nH]c2c1.CC(C)(C)c1ccc2cn[nH]c2c1.CC(C)(C)c1cccc2[nH]ccc12.CC(C)(C)c1cccc2cc[nH]c12.CC(C)(C)c1cccc2cc[nH]c12.Cc1cc2cc(C(C)(C)C)ccc2[nH]1. The van der Waals surface area contributed by atoms with Crippen molar-refractivity contribution in [3.8, 4) is 0 Å². The molecule has 0 radical (unpaired) electrons. The van der Waals surface area contributed by atoms with Gasteiger partial charge in [0.25, 0.3) is 0 Å². The van der Waals surface area contributed by atoms with Gasteiger partial charge in [-0.25, -0.2) is 0 Å². The standard InChI is InChI=1S/C13H17N.6C12H15N.C11H14N2/c1-9-7-10-8-11(13(2,3)4)5-6-12(10)14-9;1-12(2,3)10-4-5-11-9(8-10)6-7-13-11;2*1-12(2,3)10-5-4-9-6-7-13-11(9)8-10;1-12(2,3)10-5-4-6-11-9(10)7-8-13-11;2*1-12(2,3)10-6-4-5-9-7-8-13-11(9)10;1-11(2,3)9-5-4-8-7-12-13-10(8)6-9/h5-8,14H,1-4H3;6*4-8,13H,1-3H3;4-7H,1-3H3,(H,12,13). The third-order valence-electron chi connectivity index (χ3n) is 19.4. The molecule has 16 aromatic rings. The molecule has 9 heteroatoms. The van der Waals surface area contributed by atoms with Crippen molar-refractivity contribution in [2.75, 3.05) is 0 Å². The smallest absolute Gasteiger partial charge is 0.0653 e. The Morgan fingerprint density at radius 2 is 0.590 bits per heavy atom. The van der Waals surface area contributed by atoms with E-state index in [1.807, 2.05) is 43.4 Å². The second-order valence-corrected chi connectivity index (χ2v) is 36.5. The summed E-state index contributed by atoms with van der Waals surface area (Å²) in [6, 6.07) is 67.1. The maximum absolute atomic E-state index is 4.00. The topological polar surface area (TPSA) is 139 Å². The van der Waals surface area contributed by atoms with Crippen LogP contribution in [-0.4, -0.2) is 45.1 Å². The summed E-state index contributed by atoms with van der Waals surface area (Å²) in [4.78, 5) is 22.8. The van der Waals surface area contributed by atoms with E-state index in [1.54, 1.807) is 0 Å². The Balaban J connectivity index is 0.000000139. The van der Waals surface area contributed by atoms with Crippen LogP contribution in [0.25, 0.3) is 87.2 Å². The number of rotatable bonds is 0. The summed E-state index contributed by atoms with van der Waals surface area (Å²) in [6.07, 6.45) is 13.8. The Kier molecular flexibility index (Phi) is 23.9. The minimum atomic E-state index is 0.208. The van der Waals surface area contributed by atoms with Gasteiger partial charge in [-0.3, -0.25) is 5.10 Å². The second kappa shape index (κ2) is 31.8. The lowest BCUT2D eigenvalue weighted by atomic mass is 9.85. The lowest BCUT2D eigenvalue weighted by Gasteiger charge is -2.19. The van der Waals surface area contributed by atoms with Gasteiger partial charge >= 0.3 is 0 Å². The lowest BCUT2D eigenvalue weighted by molar-refractivity contribution is 0.590. The highest BCUT2D eigenvalue weighted by atomic mass is 15.1. The highest BCUT2D eigenvalue weighted by Crippen LogP contribution is 2.34. The van der Waals surface area contributed by atoms with Crippen LogP contribution in [0.2, 0.25) is 0 Å². The number of nitrogens with zero attached hydrogens (tertiary/aromatic N) is 1. The molecule has 550 valence electrons. The molecule has 0 bridgehead atoms. The molecule has 8 N–H and O–H groups in total. The van der Waals surface area contributed by atoms with E-state index >= 15 is 0 Å². The quantitative estimate of drug-likeness (QED) is 0.0753. The van der Waals surface area contributed by atoms with Crippen LogP contribution in [0.3, 0.4) is 0 Å². The summed E-state index contributed by atoms with van der Waals surface area (Å²) in [6.45, 7) is 55.7. The third-order valence-corrected chi connectivity index (χ3v) is 19.4. The molecular weight excluding hydrogens is 1280 g/mol. The van der Waals surface area contributed by atoms with Crippen LogP contribution in [-0.2, 0) is 43.3 Å². The first kappa shape index (κ1) is 79.1. The fourth-order valence-electron chi connectivity index (χ4n) is 12.9. The summed E-state index contributed by atoms with van der Waals surface area (Å²) in [5, 5.41) is 17.3. The Morgan fingerprint density at radius 1 is 0.238 bits per heavy atom. The Hall–Kier alpha value is -9.99. The van der Waals surface area contributed by atoms with Crippen LogP contribution >= 0.6 is 0 Å². The lowest BCUT2D eigenvalue weighted by Crippen LogP contribution is -2.11. The van der Waals surface area contributed by atoms with Gasteiger partial charge in [0.15, 0.2) is 0 Å². The zero-order valence-electron chi connectivity index (χ0n) is 67.9. The number of H-pyrrole nitrogens is 8. The monoisotopic (exact) mass is 1400 g/mol. The first-order valence-corrected chi connectivity index (χ1v) is 37.5. The van der Waals surface area contributed by atoms with Gasteiger partial charge in [0, 0.05) is 92.3 Å². The van der Waals surface area contributed by atoms with E-state index in [9.17, 15) is 0 Å². The number of aromatic nitrogens is 9. The van der Waals surface area contributed by atoms with E-state index in [-0.39, 0.29) is 43.3 Å². The number of benzene rings is 8. The van der Waals surface area contributed by atoms with Crippen molar-refractivity contribution >= 4 is 87.2 Å². The minimum Gasteiger partial charge on any atom is -0.361 e. The van der Waals surface area contributed by atoms with Crippen molar-refractivity contribution in [2.45, 2.75) is 216 Å². The van der Waals surface area contributed by atoms with Crippen molar-refractivity contribution in [1.82, 2.24) is 45.1 Å². The van der Waals surface area contributed by atoms with Gasteiger partial charge < -0.3 is 34.9 Å². The number of hydrogen-bond acceptors (Lipinski definition) is 1. The van der Waals surface area contributed by atoms with Crippen LogP contribution in [0.5, 0.6) is 0 Å². The van der Waals surface area contributed by atoms with E-state index in [0.29, 0.717) is 0 Å². The molecule has 0 amide bonds. The van der Waals surface area contributed by atoms with Crippen LogP contribution in [0.15, 0.2) is 231 Å². The molecule has 105 heavy (non-hydrogen) atoms. The van der Waals surface area contributed by atoms with Crippen molar-refractivity contribution < 1.29 is 0 Å². The van der Waals surface area contributed by atoms with E-state index in [2.05, 4.69) is 406 Å². The molecule has 16 rings (SSSR count). The molecule has 8 heterocycles. The highest BCUT2D eigenvalue weighted by Gasteiger charge is 2.21. The molecule has 0 saturated carbocycles. The predicted octanol–water partition coefficient (Wildman–Crippen LogP) is 27.4. The summed E-state index contributed by atoms with van der Waals surface area (Å²) in [7, 11) is 0. The first-order valence-electron chi connectivity index (χ1n) is 37.5. The van der Waals surface area contributed by atoms with Gasteiger partial charge in [-0.2, -0.15) is 5.10 Å². The summed E-state index contributed by atoms with van der Waals surface area (Å²) in [5.41, 5.74) is 23.9. The van der Waals surface area contributed by atoms with Crippen LogP contribution < -0.4 is 0 Å². The van der Waals surface area contributed by atoms with E-state index in [1.165, 1.54) is 132 Å². The molecule has 0 saturated heterocycles. The zero-order chi connectivity index (χ0) is 76.7. The van der Waals surface area contributed by atoms with Gasteiger partial charge in [0.1, 0.15) is 0 Å². The molecule has 0 aliphatic heterocycles. The maximum atomic E-state index is 4.00. The first-order chi connectivity index (χ1) is 49.0. The Morgan fingerprint density at radius 3 is 1.06 bits per heavy atom. The van der Waals surface area contributed by atoms with Crippen LogP contribution in [0.4, 0.5) is 0 Å². The predicted molar refractivity (Wildman–Crippen MR) is 459 cm³/mol. The average molecular weight is 1400 g/mol. The molecule has 0 aliphatic rings. The largest absolute Gasteiger partial charge is 0.361 e. The second-order valence-electron chi connectivity index (χ2n) is 36.5. The highest BCUT2D eigenvalue weighted by molar-refractivity contribution is 5.87. The Labute approximate surface area is 626 Å². The average Bonchev–Trinajstić information content (AvgIpc) is 1.87. The molecular formula is C96H121N9. The van der Waals surface area contributed by atoms with Gasteiger partial charge in [-0.05, 0) is 218 Å². The van der Waals surface area contributed by atoms with Gasteiger partial charge in [-0.15, -0.1) is 0 Å². The third kappa shape index (κ3) is 20.9. The number of para-hydroxylation sites is 2. The zero-order valence-corrected chi connectivity index (χ0v) is 67.9. The normalized spacial score (nSPS) is 12.2. The van der Waals surface area contributed by atoms with E-state index < -0.39 is 0 Å². The molecule has 0 aliphatic carbocycles. The van der Waals surface area contributed by atoms with Crippen LogP contribution in [0, 0.1) is 6.92 Å². The van der Waals surface area contributed by atoms with E-state index in [0.717, 1.165) is 5.52 Å².